The Labute approximate surface area is 115 Å². The van der Waals surface area contributed by atoms with Crippen LogP contribution in [0.5, 0.6) is 0 Å². The highest BCUT2D eigenvalue weighted by atomic mass is 16.5. The highest BCUT2D eigenvalue weighted by Gasteiger charge is 2.74. The minimum absolute atomic E-state index is 0.0690. The van der Waals surface area contributed by atoms with Crippen LogP contribution in [0, 0.1) is 28.1 Å². The third kappa shape index (κ3) is 1.51. The maximum Gasteiger partial charge on any atom is 0.302 e. The van der Waals surface area contributed by atoms with Crippen LogP contribution >= 0.6 is 0 Å². The summed E-state index contributed by atoms with van der Waals surface area (Å²) in [6.45, 7) is 8.61. The average Bonchev–Trinajstić information content (AvgIpc) is 2.66. The van der Waals surface area contributed by atoms with Crippen molar-refractivity contribution in [2.45, 2.75) is 59.5 Å². The zero-order valence-electron chi connectivity index (χ0n) is 12.5. The van der Waals surface area contributed by atoms with Gasteiger partial charge in [-0.15, -0.1) is 0 Å². The first-order valence-electron chi connectivity index (χ1n) is 7.54. The number of carbonyl (C=O) groups excluding carboxylic acids is 1. The molecule has 19 heavy (non-hydrogen) atoms. The number of carbonyl (C=O) groups is 1. The van der Waals surface area contributed by atoms with Gasteiger partial charge in [0.1, 0.15) is 6.10 Å². The molecule has 108 valence electrons. The lowest BCUT2D eigenvalue weighted by atomic mass is 9.48. The highest BCUT2D eigenvalue weighted by molar-refractivity contribution is 5.66. The predicted octanol–water partition coefficient (Wildman–Crippen LogP) is 2.76. The minimum atomic E-state index is -0.197. The number of ether oxygens (including phenoxy) is 1. The van der Waals surface area contributed by atoms with E-state index in [0.717, 1.165) is 12.8 Å². The Morgan fingerprint density at radius 3 is 2.42 bits per heavy atom. The van der Waals surface area contributed by atoms with Gasteiger partial charge < -0.3 is 9.84 Å². The van der Waals surface area contributed by atoms with E-state index in [9.17, 15) is 9.90 Å². The van der Waals surface area contributed by atoms with E-state index >= 15 is 0 Å². The summed E-state index contributed by atoms with van der Waals surface area (Å²) in [6.07, 6.45) is 4.43. The third-order valence-corrected chi connectivity index (χ3v) is 6.63. The molecule has 3 nitrogen and oxygen atoms in total. The molecule has 0 saturated heterocycles. The molecule has 0 radical (unpaired) electrons. The molecule has 0 heterocycles. The van der Waals surface area contributed by atoms with Crippen molar-refractivity contribution < 1.29 is 14.6 Å². The fourth-order valence-electron chi connectivity index (χ4n) is 5.63. The standard InChI is InChI=1S/C16H26O3/c1-10(18)19-13-11-7-14(2,3)8-12(11)15(4)5-6-16(13,15)9-17/h11-13,17H,5-9H2,1-4H3/t11-,12+,13?,15-,16-/m1/s1. The van der Waals surface area contributed by atoms with E-state index in [4.69, 9.17) is 4.74 Å². The van der Waals surface area contributed by atoms with Gasteiger partial charge in [0.05, 0.1) is 6.61 Å². The Balaban J connectivity index is 1.99. The normalized spacial score (nSPS) is 50.3. The Kier molecular flexibility index (Phi) is 2.65. The smallest absolute Gasteiger partial charge is 0.302 e. The number of hydrogen-bond acceptors (Lipinski definition) is 3. The van der Waals surface area contributed by atoms with Crippen LogP contribution in [-0.2, 0) is 9.53 Å². The molecule has 0 aliphatic heterocycles. The van der Waals surface area contributed by atoms with Crippen molar-refractivity contribution in [1.29, 1.82) is 0 Å². The summed E-state index contributed by atoms with van der Waals surface area (Å²) in [6, 6.07) is 0. The summed E-state index contributed by atoms with van der Waals surface area (Å²) in [5.41, 5.74) is 0.346. The molecular weight excluding hydrogens is 240 g/mol. The molecule has 0 amide bonds. The third-order valence-electron chi connectivity index (χ3n) is 6.63. The van der Waals surface area contributed by atoms with Crippen molar-refractivity contribution in [3.63, 3.8) is 0 Å². The highest BCUT2D eigenvalue weighted by Crippen LogP contribution is 2.75. The summed E-state index contributed by atoms with van der Waals surface area (Å²) in [5.74, 6) is 0.851. The average molecular weight is 266 g/mol. The SMILES string of the molecule is CC(=O)OC1[C@@H]2CC(C)(C)C[C@@H]2[C@@]2(C)CC[C@@]12CO. The molecule has 3 fully saturated rings. The summed E-state index contributed by atoms with van der Waals surface area (Å²) in [5, 5.41) is 9.99. The van der Waals surface area contributed by atoms with Crippen LogP contribution in [0.15, 0.2) is 0 Å². The van der Waals surface area contributed by atoms with Gasteiger partial charge >= 0.3 is 5.97 Å². The van der Waals surface area contributed by atoms with Crippen molar-refractivity contribution in [1.82, 2.24) is 0 Å². The second-order valence-corrected chi connectivity index (χ2v) is 8.10. The van der Waals surface area contributed by atoms with Crippen molar-refractivity contribution in [3.8, 4) is 0 Å². The lowest BCUT2D eigenvalue weighted by Gasteiger charge is -2.57. The van der Waals surface area contributed by atoms with Crippen LogP contribution in [-0.4, -0.2) is 23.8 Å². The second-order valence-electron chi connectivity index (χ2n) is 8.10. The Bertz CT molecular complexity index is 412. The van der Waals surface area contributed by atoms with Crippen LogP contribution in [0.1, 0.15) is 53.4 Å². The van der Waals surface area contributed by atoms with Gasteiger partial charge in [-0.05, 0) is 42.4 Å². The van der Waals surface area contributed by atoms with E-state index in [0.29, 0.717) is 17.3 Å². The number of aliphatic hydroxyl groups is 1. The fraction of sp³-hybridized carbons (Fsp3) is 0.938. The maximum absolute atomic E-state index is 11.5. The van der Waals surface area contributed by atoms with E-state index in [-0.39, 0.29) is 29.5 Å². The van der Waals surface area contributed by atoms with Gasteiger partial charge in [-0.1, -0.05) is 20.8 Å². The second kappa shape index (κ2) is 3.75. The Morgan fingerprint density at radius 1 is 1.26 bits per heavy atom. The molecule has 3 saturated carbocycles. The number of hydrogen-bond donors (Lipinski definition) is 1. The molecular formula is C16H26O3. The van der Waals surface area contributed by atoms with E-state index < -0.39 is 0 Å². The quantitative estimate of drug-likeness (QED) is 0.782. The lowest BCUT2D eigenvalue weighted by molar-refractivity contribution is -0.182. The van der Waals surface area contributed by atoms with Gasteiger partial charge in [0.25, 0.3) is 0 Å². The first-order valence-corrected chi connectivity index (χ1v) is 7.54. The molecule has 0 spiro atoms. The largest absolute Gasteiger partial charge is 0.462 e. The first-order chi connectivity index (χ1) is 8.76. The summed E-state index contributed by atoms with van der Waals surface area (Å²) in [4.78, 5) is 11.5. The molecule has 3 aliphatic carbocycles. The molecule has 0 bridgehead atoms. The lowest BCUT2D eigenvalue weighted by Crippen LogP contribution is -2.56. The molecule has 0 aromatic carbocycles. The summed E-state index contributed by atoms with van der Waals surface area (Å²) < 4.78 is 5.71. The van der Waals surface area contributed by atoms with Crippen molar-refractivity contribution in [2.24, 2.45) is 28.1 Å². The van der Waals surface area contributed by atoms with E-state index in [1.807, 2.05) is 0 Å². The van der Waals surface area contributed by atoms with Crippen molar-refractivity contribution in [2.75, 3.05) is 6.61 Å². The van der Waals surface area contributed by atoms with Gasteiger partial charge in [0.15, 0.2) is 0 Å². The van der Waals surface area contributed by atoms with Crippen LogP contribution in [0.25, 0.3) is 0 Å². The zero-order chi connectivity index (χ0) is 14.1. The van der Waals surface area contributed by atoms with Gasteiger partial charge in [0.2, 0.25) is 0 Å². The van der Waals surface area contributed by atoms with Crippen molar-refractivity contribution in [3.05, 3.63) is 0 Å². The number of rotatable bonds is 2. The number of esters is 1. The van der Waals surface area contributed by atoms with Crippen molar-refractivity contribution >= 4 is 5.97 Å². The van der Waals surface area contributed by atoms with Gasteiger partial charge in [-0.25, -0.2) is 0 Å². The van der Waals surface area contributed by atoms with Crippen LogP contribution in [0.2, 0.25) is 0 Å². The molecule has 1 unspecified atom stereocenters. The number of fused-ring (bicyclic) bond motifs is 3. The van der Waals surface area contributed by atoms with Crippen LogP contribution in [0.4, 0.5) is 0 Å². The van der Waals surface area contributed by atoms with Gasteiger partial charge in [0, 0.05) is 18.3 Å². The predicted molar refractivity (Wildman–Crippen MR) is 72.4 cm³/mol. The molecule has 1 N–H and O–H groups in total. The summed E-state index contributed by atoms with van der Waals surface area (Å²) >= 11 is 0. The molecule has 0 aromatic heterocycles. The zero-order valence-corrected chi connectivity index (χ0v) is 12.5. The molecule has 0 aromatic rings. The van der Waals surface area contributed by atoms with E-state index in [1.165, 1.54) is 19.8 Å². The fourth-order valence-corrected chi connectivity index (χ4v) is 5.63. The maximum atomic E-state index is 11.5. The molecule has 3 heteroatoms. The minimum Gasteiger partial charge on any atom is -0.462 e. The van der Waals surface area contributed by atoms with E-state index in [1.54, 1.807) is 0 Å². The van der Waals surface area contributed by atoms with Gasteiger partial charge in [-0.2, -0.15) is 0 Å². The van der Waals surface area contributed by atoms with Crippen LogP contribution < -0.4 is 0 Å². The van der Waals surface area contributed by atoms with Gasteiger partial charge in [-0.3, -0.25) is 4.79 Å². The van der Waals surface area contributed by atoms with E-state index in [2.05, 4.69) is 20.8 Å². The number of aliphatic hydroxyl groups excluding tert-OH is 1. The van der Waals surface area contributed by atoms with Crippen LogP contribution in [0.3, 0.4) is 0 Å². The summed E-state index contributed by atoms with van der Waals surface area (Å²) in [7, 11) is 0. The Hall–Kier alpha value is -0.570. The monoisotopic (exact) mass is 266 g/mol. The Morgan fingerprint density at radius 2 is 1.95 bits per heavy atom. The molecule has 3 rings (SSSR count). The molecule has 5 atom stereocenters. The molecule has 3 aliphatic rings. The topological polar surface area (TPSA) is 46.5 Å². The first kappa shape index (κ1) is 13.4.